The summed E-state index contributed by atoms with van der Waals surface area (Å²) in [6.45, 7) is 0. The second-order valence-electron chi connectivity index (χ2n) is 11.1. The molecule has 1 fully saturated rings. The lowest BCUT2D eigenvalue weighted by Gasteiger charge is -2.42. The largest absolute Gasteiger partial charge is 0.497 e. The Morgan fingerprint density at radius 2 is 1.28 bits per heavy atom. The van der Waals surface area contributed by atoms with E-state index in [1.807, 2.05) is 23.2 Å². The van der Waals surface area contributed by atoms with Gasteiger partial charge in [-0.25, -0.2) is 9.69 Å². The molecule has 0 aliphatic carbocycles. The number of carbonyl (C=O) groups is 2. The molecule has 0 bridgehead atoms. The van der Waals surface area contributed by atoms with Crippen molar-refractivity contribution in [2.45, 2.75) is 36.1 Å². The Hall–Kier alpha value is -5.34. The molecule has 0 saturated carbocycles. The van der Waals surface area contributed by atoms with Crippen molar-refractivity contribution < 1.29 is 39.1 Å². The summed E-state index contributed by atoms with van der Waals surface area (Å²) in [5.74, 6) is -0.492. The molecule has 47 heavy (non-hydrogen) atoms. The van der Waals surface area contributed by atoms with Crippen LogP contribution in [-0.4, -0.2) is 75.3 Å². The SMILES string of the molecule is COc1ccc(C(c2ccccc2)(c2ccc(OC)cc2)C(O)[C@H]2O[C@@H](n3cc(N4C(=O)C=CC4=O)c(=O)[nH]c3=O)[C@H](O)[C@@H]2O)cc1. The smallest absolute Gasteiger partial charge is 0.330 e. The number of nitrogens with zero attached hydrogens (tertiary/aromatic N) is 2. The number of carbonyl (C=O) groups excluding carboxylic acids is 2. The van der Waals surface area contributed by atoms with Gasteiger partial charge in [0, 0.05) is 18.3 Å². The lowest BCUT2D eigenvalue weighted by Crippen LogP contribution is -2.52. The molecule has 13 heteroatoms. The molecule has 5 atom stereocenters. The summed E-state index contributed by atoms with van der Waals surface area (Å²) < 4.78 is 17.6. The highest BCUT2D eigenvalue weighted by Gasteiger charge is 2.55. The zero-order valence-electron chi connectivity index (χ0n) is 25.2. The Balaban J connectivity index is 1.49. The minimum absolute atomic E-state index is 0.492. The number of aromatic amines is 1. The van der Waals surface area contributed by atoms with Crippen molar-refractivity contribution in [2.24, 2.45) is 0 Å². The van der Waals surface area contributed by atoms with Gasteiger partial charge >= 0.3 is 5.69 Å². The fourth-order valence-corrected chi connectivity index (χ4v) is 6.30. The Kier molecular flexibility index (Phi) is 8.38. The minimum atomic E-state index is -1.80. The number of benzene rings is 3. The molecular formula is C34H31N3O10. The molecule has 1 saturated heterocycles. The first-order chi connectivity index (χ1) is 22.6. The quantitative estimate of drug-likeness (QED) is 0.152. The number of H-pyrrole nitrogens is 1. The number of hydrogen-bond donors (Lipinski definition) is 4. The molecule has 242 valence electrons. The van der Waals surface area contributed by atoms with Crippen molar-refractivity contribution >= 4 is 17.5 Å². The van der Waals surface area contributed by atoms with Gasteiger partial charge in [0.2, 0.25) is 0 Å². The van der Waals surface area contributed by atoms with Crippen LogP contribution in [0.2, 0.25) is 0 Å². The fraction of sp³-hybridized carbons (Fsp3) is 0.235. The first-order valence-electron chi connectivity index (χ1n) is 14.6. The molecule has 0 radical (unpaired) electrons. The van der Waals surface area contributed by atoms with Gasteiger partial charge in [-0.3, -0.25) is 23.9 Å². The third kappa shape index (κ3) is 5.24. The van der Waals surface area contributed by atoms with E-state index in [-0.39, 0.29) is 0 Å². The molecular weight excluding hydrogens is 610 g/mol. The highest BCUT2D eigenvalue weighted by molar-refractivity contribution is 6.28. The number of anilines is 1. The number of rotatable bonds is 9. The number of hydrogen-bond acceptors (Lipinski definition) is 10. The average Bonchev–Trinajstić information content (AvgIpc) is 3.58. The van der Waals surface area contributed by atoms with E-state index in [0.29, 0.717) is 33.1 Å². The van der Waals surface area contributed by atoms with Gasteiger partial charge in [-0.2, -0.15) is 0 Å². The number of nitrogens with one attached hydrogen (secondary N) is 1. The predicted molar refractivity (Wildman–Crippen MR) is 167 cm³/mol. The van der Waals surface area contributed by atoms with Gasteiger partial charge < -0.3 is 29.5 Å². The van der Waals surface area contributed by atoms with Crippen LogP contribution in [0.1, 0.15) is 22.9 Å². The van der Waals surface area contributed by atoms with Crippen molar-refractivity contribution in [3.05, 3.63) is 135 Å². The van der Waals surface area contributed by atoms with Crippen LogP contribution < -0.4 is 25.6 Å². The number of imide groups is 1. The van der Waals surface area contributed by atoms with Crippen molar-refractivity contribution in [1.82, 2.24) is 9.55 Å². The van der Waals surface area contributed by atoms with E-state index >= 15 is 0 Å². The van der Waals surface area contributed by atoms with Crippen molar-refractivity contribution in [1.29, 1.82) is 0 Å². The minimum Gasteiger partial charge on any atom is -0.497 e. The zero-order valence-corrected chi connectivity index (χ0v) is 25.2. The molecule has 2 aliphatic rings. The first-order valence-corrected chi connectivity index (χ1v) is 14.6. The maximum Gasteiger partial charge on any atom is 0.330 e. The standard InChI is InChI=1S/C34H31N3O10/c1-45-22-12-8-20(9-13-22)34(19-6-4-3-5-7-19,21-10-14-23(46-2)15-11-21)30(42)29-27(40)28(41)32(47-29)36-18-24(31(43)35-33(36)44)37-25(38)16-17-26(37)39/h3-18,27-30,32,40-42H,1-2H3,(H,35,43,44)/t27-,28+,29-,30?,32+/m0/s1. The third-order valence-corrected chi connectivity index (χ3v) is 8.62. The molecule has 2 aliphatic heterocycles. The fourth-order valence-electron chi connectivity index (χ4n) is 6.30. The van der Waals surface area contributed by atoms with E-state index in [4.69, 9.17) is 14.2 Å². The third-order valence-electron chi connectivity index (χ3n) is 8.62. The van der Waals surface area contributed by atoms with E-state index < -0.39 is 64.8 Å². The number of methoxy groups -OCH3 is 2. The molecule has 13 nitrogen and oxygen atoms in total. The van der Waals surface area contributed by atoms with Crippen molar-refractivity contribution in [3.63, 3.8) is 0 Å². The van der Waals surface area contributed by atoms with E-state index in [9.17, 15) is 34.5 Å². The van der Waals surface area contributed by atoms with Crippen molar-refractivity contribution in [3.8, 4) is 11.5 Å². The van der Waals surface area contributed by atoms with Crippen LogP contribution in [0.15, 0.2) is 107 Å². The van der Waals surface area contributed by atoms with Crippen LogP contribution >= 0.6 is 0 Å². The van der Waals surface area contributed by atoms with Crippen LogP contribution in [0.4, 0.5) is 5.69 Å². The predicted octanol–water partition coefficient (Wildman–Crippen LogP) is 0.998. The highest BCUT2D eigenvalue weighted by Crippen LogP contribution is 2.47. The van der Waals surface area contributed by atoms with Gasteiger partial charge in [-0.05, 0) is 41.0 Å². The van der Waals surface area contributed by atoms with Gasteiger partial charge in [-0.1, -0.05) is 54.6 Å². The van der Waals surface area contributed by atoms with Crippen LogP contribution in [0, 0.1) is 0 Å². The Morgan fingerprint density at radius 3 is 1.79 bits per heavy atom. The molecule has 1 aromatic heterocycles. The summed E-state index contributed by atoms with van der Waals surface area (Å²) in [5.41, 5.74) is -2.23. The Morgan fingerprint density at radius 1 is 0.766 bits per heavy atom. The van der Waals surface area contributed by atoms with Gasteiger partial charge in [0.25, 0.3) is 17.4 Å². The maximum atomic E-state index is 13.0. The lowest BCUT2D eigenvalue weighted by molar-refractivity contribution is -0.120. The summed E-state index contributed by atoms with van der Waals surface area (Å²) >= 11 is 0. The molecule has 1 unspecified atom stereocenters. The number of aliphatic hydroxyl groups excluding tert-OH is 3. The number of ether oxygens (including phenoxy) is 3. The summed E-state index contributed by atoms with van der Waals surface area (Å²) in [4.78, 5) is 52.9. The molecule has 4 aromatic rings. The van der Waals surface area contributed by atoms with E-state index in [1.54, 1.807) is 60.7 Å². The number of aromatic nitrogens is 2. The number of aliphatic hydroxyl groups is 3. The van der Waals surface area contributed by atoms with Crippen LogP contribution in [0.3, 0.4) is 0 Å². The molecule has 3 heterocycles. The van der Waals surface area contributed by atoms with Gasteiger partial charge in [0.15, 0.2) is 6.23 Å². The van der Waals surface area contributed by atoms with Crippen LogP contribution in [0.5, 0.6) is 11.5 Å². The number of amides is 2. The zero-order chi connectivity index (χ0) is 33.5. The van der Waals surface area contributed by atoms with E-state index in [2.05, 4.69) is 0 Å². The topological polar surface area (TPSA) is 181 Å². The first kappa shape index (κ1) is 31.6. The second kappa shape index (κ2) is 12.5. The second-order valence-corrected chi connectivity index (χ2v) is 11.1. The molecule has 0 spiro atoms. The average molecular weight is 642 g/mol. The normalized spacial score (nSPS) is 21.7. The lowest BCUT2D eigenvalue weighted by atomic mass is 9.64. The summed E-state index contributed by atoms with van der Waals surface area (Å²) in [6, 6.07) is 23.0. The van der Waals surface area contributed by atoms with E-state index in [1.165, 1.54) is 14.2 Å². The van der Waals surface area contributed by atoms with Crippen LogP contribution in [-0.2, 0) is 19.7 Å². The summed E-state index contributed by atoms with van der Waals surface area (Å²) in [6.07, 6.45) is -5.51. The van der Waals surface area contributed by atoms with Gasteiger partial charge in [0.05, 0.1) is 19.6 Å². The molecule has 3 aromatic carbocycles. The summed E-state index contributed by atoms with van der Waals surface area (Å²) in [5, 5.41) is 35.2. The maximum absolute atomic E-state index is 13.0. The Bertz CT molecular complexity index is 1870. The Labute approximate surface area is 267 Å². The monoisotopic (exact) mass is 641 g/mol. The summed E-state index contributed by atoms with van der Waals surface area (Å²) in [7, 11) is 3.05. The van der Waals surface area contributed by atoms with Gasteiger partial charge in [-0.15, -0.1) is 0 Å². The molecule has 6 rings (SSSR count). The molecule has 4 N–H and O–H groups in total. The van der Waals surface area contributed by atoms with Gasteiger partial charge in [0.1, 0.15) is 41.6 Å². The van der Waals surface area contributed by atoms with E-state index in [0.717, 1.165) is 22.9 Å². The highest BCUT2D eigenvalue weighted by atomic mass is 16.6. The van der Waals surface area contributed by atoms with Crippen LogP contribution in [0.25, 0.3) is 0 Å². The molecule has 2 amide bonds. The van der Waals surface area contributed by atoms with Crippen molar-refractivity contribution in [2.75, 3.05) is 19.1 Å².